The van der Waals surface area contributed by atoms with E-state index >= 15 is 0 Å². The van der Waals surface area contributed by atoms with Crippen molar-refractivity contribution in [2.45, 2.75) is 34.2 Å². The number of allylic oxidation sites excluding steroid dienone is 1. The number of aliphatic hydroxyl groups is 2. The summed E-state index contributed by atoms with van der Waals surface area (Å²) in [6.07, 6.45) is 1.43. The summed E-state index contributed by atoms with van der Waals surface area (Å²) in [5.41, 5.74) is 1.07. The van der Waals surface area contributed by atoms with Crippen molar-refractivity contribution in [1.29, 1.82) is 0 Å². The Bertz CT molecular complexity index is 138. The molecule has 0 aromatic rings. The maximum absolute atomic E-state index is 8.45. The molecule has 0 aliphatic heterocycles. The summed E-state index contributed by atoms with van der Waals surface area (Å²) in [6, 6.07) is 0. The van der Waals surface area contributed by atoms with Crippen LogP contribution in [0.5, 0.6) is 0 Å². The molecular weight excluding hydrogens is 156 g/mol. The SMILES string of the molecule is CC(C)C(=COC(O)O)C(C)C. The van der Waals surface area contributed by atoms with Crippen molar-refractivity contribution in [3.05, 3.63) is 11.8 Å². The first kappa shape index (κ1) is 11.5. The third-order valence-corrected chi connectivity index (χ3v) is 1.66. The number of hydrogen-bond donors (Lipinski definition) is 2. The summed E-state index contributed by atoms with van der Waals surface area (Å²) in [5, 5.41) is 16.9. The highest BCUT2D eigenvalue weighted by atomic mass is 16.7. The second-order valence-electron chi connectivity index (χ2n) is 3.39. The second kappa shape index (κ2) is 5.17. The van der Waals surface area contributed by atoms with Crippen LogP contribution in [0.3, 0.4) is 0 Å². The molecule has 72 valence electrons. The molecule has 0 aromatic carbocycles. The zero-order valence-electron chi connectivity index (χ0n) is 8.11. The van der Waals surface area contributed by atoms with Gasteiger partial charge in [-0.2, -0.15) is 0 Å². The van der Waals surface area contributed by atoms with Crippen molar-refractivity contribution < 1.29 is 14.9 Å². The molecule has 0 amide bonds. The molecule has 2 N–H and O–H groups in total. The van der Waals surface area contributed by atoms with Gasteiger partial charge in [0.15, 0.2) is 0 Å². The monoisotopic (exact) mass is 174 g/mol. The maximum atomic E-state index is 8.45. The third-order valence-electron chi connectivity index (χ3n) is 1.66. The Labute approximate surface area is 73.7 Å². The Kier molecular flexibility index (Phi) is 4.93. The van der Waals surface area contributed by atoms with Gasteiger partial charge in [-0.3, -0.25) is 0 Å². The molecule has 0 rings (SSSR count). The molecule has 3 nitrogen and oxygen atoms in total. The summed E-state index contributed by atoms with van der Waals surface area (Å²) in [7, 11) is 0. The normalized spacial score (nSPS) is 11.1. The Morgan fingerprint density at radius 2 is 1.50 bits per heavy atom. The van der Waals surface area contributed by atoms with Gasteiger partial charge in [0.05, 0.1) is 6.26 Å². The fraction of sp³-hybridized carbons (Fsp3) is 0.778. The van der Waals surface area contributed by atoms with E-state index in [-0.39, 0.29) is 0 Å². The lowest BCUT2D eigenvalue weighted by Crippen LogP contribution is -2.09. The molecule has 0 aromatic heterocycles. The second-order valence-corrected chi connectivity index (χ2v) is 3.39. The highest BCUT2D eigenvalue weighted by Gasteiger charge is 2.08. The first-order chi connectivity index (χ1) is 5.45. The molecule has 0 aliphatic carbocycles. The van der Waals surface area contributed by atoms with Crippen LogP contribution in [-0.4, -0.2) is 16.7 Å². The molecule has 12 heavy (non-hydrogen) atoms. The van der Waals surface area contributed by atoms with Crippen molar-refractivity contribution in [3.63, 3.8) is 0 Å². The molecule has 0 fully saturated rings. The molecule has 0 heterocycles. The molecule has 3 heteroatoms. The molecule has 0 atom stereocenters. The molecule has 0 spiro atoms. The summed E-state index contributed by atoms with van der Waals surface area (Å²) in [6.45, 7) is 6.45. The summed E-state index contributed by atoms with van der Waals surface area (Å²) in [4.78, 5) is 0. The summed E-state index contributed by atoms with van der Waals surface area (Å²) >= 11 is 0. The number of rotatable bonds is 4. The molecule has 0 saturated carbocycles. The van der Waals surface area contributed by atoms with Gasteiger partial charge in [-0.15, -0.1) is 0 Å². The zero-order chi connectivity index (χ0) is 9.72. The Hall–Kier alpha value is -0.540. The minimum Gasteiger partial charge on any atom is -0.449 e. The van der Waals surface area contributed by atoms with E-state index in [1.54, 1.807) is 0 Å². The molecule has 0 radical (unpaired) electrons. The van der Waals surface area contributed by atoms with E-state index in [1.165, 1.54) is 6.26 Å². The van der Waals surface area contributed by atoms with Crippen molar-refractivity contribution in [1.82, 2.24) is 0 Å². The third kappa shape index (κ3) is 4.36. The van der Waals surface area contributed by atoms with Crippen LogP contribution >= 0.6 is 0 Å². The van der Waals surface area contributed by atoms with E-state index in [0.29, 0.717) is 11.8 Å². The number of ether oxygens (including phenoxy) is 1. The Morgan fingerprint density at radius 1 is 1.08 bits per heavy atom. The highest BCUT2D eigenvalue weighted by molar-refractivity contribution is 5.03. The van der Waals surface area contributed by atoms with Gasteiger partial charge in [0.1, 0.15) is 0 Å². The Balaban J connectivity index is 4.19. The topological polar surface area (TPSA) is 49.7 Å². The van der Waals surface area contributed by atoms with Gasteiger partial charge < -0.3 is 14.9 Å². The van der Waals surface area contributed by atoms with Crippen LogP contribution in [0.4, 0.5) is 0 Å². The highest BCUT2D eigenvalue weighted by Crippen LogP contribution is 2.19. The van der Waals surface area contributed by atoms with Crippen LogP contribution in [0.1, 0.15) is 27.7 Å². The van der Waals surface area contributed by atoms with E-state index in [2.05, 4.69) is 4.74 Å². The fourth-order valence-corrected chi connectivity index (χ4v) is 1.08. The first-order valence-electron chi connectivity index (χ1n) is 4.16. The van der Waals surface area contributed by atoms with Gasteiger partial charge in [-0.25, -0.2) is 0 Å². The van der Waals surface area contributed by atoms with Crippen molar-refractivity contribution in [2.24, 2.45) is 11.8 Å². The maximum Gasteiger partial charge on any atom is 0.310 e. The fourth-order valence-electron chi connectivity index (χ4n) is 1.08. The van der Waals surface area contributed by atoms with Crippen LogP contribution in [-0.2, 0) is 4.74 Å². The summed E-state index contributed by atoms with van der Waals surface area (Å²) in [5.74, 6) is 0.729. The van der Waals surface area contributed by atoms with Gasteiger partial charge in [0, 0.05) is 0 Å². The summed E-state index contributed by atoms with van der Waals surface area (Å²) < 4.78 is 4.58. The minimum absolute atomic E-state index is 0.365. The average molecular weight is 174 g/mol. The molecule has 0 bridgehead atoms. The molecule has 0 aliphatic rings. The standard InChI is InChI=1S/C9H18O3/c1-6(2)8(7(3)4)5-12-9(10)11/h5-7,9-11H,1-4H3. The Morgan fingerprint density at radius 3 is 1.75 bits per heavy atom. The van der Waals surface area contributed by atoms with Gasteiger partial charge >= 0.3 is 6.48 Å². The van der Waals surface area contributed by atoms with E-state index in [0.717, 1.165) is 5.57 Å². The van der Waals surface area contributed by atoms with Crippen LogP contribution in [0.25, 0.3) is 0 Å². The lowest BCUT2D eigenvalue weighted by atomic mass is 9.94. The van der Waals surface area contributed by atoms with E-state index in [9.17, 15) is 0 Å². The van der Waals surface area contributed by atoms with Gasteiger partial charge in [0.2, 0.25) is 0 Å². The predicted octanol–water partition coefficient (Wildman–Crippen LogP) is 1.47. The van der Waals surface area contributed by atoms with Crippen LogP contribution in [0.15, 0.2) is 11.8 Å². The van der Waals surface area contributed by atoms with Crippen molar-refractivity contribution in [3.8, 4) is 0 Å². The molecule has 0 saturated heterocycles. The lowest BCUT2D eigenvalue weighted by molar-refractivity contribution is -0.204. The minimum atomic E-state index is -1.71. The van der Waals surface area contributed by atoms with Crippen molar-refractivity contribution >= 4 is 0 Å². The molecule has 0 unspecified atom stereocenters. The van der Waals surface area contributed by atoms with Crippen LogP contribution in [0.2, 0.25) is 0 Å². The number of aliphatic hydroxyl groups excluding tert-OH is 1. The van der Waals surface area contributed by atoms with Crippen LogP contribution < -0.4 is 0 Å². The van der Waals surface area contributed by atoms with E-state index in [4.69, 9.17) is 10.2 Å². The molecular formula is C9H18O3. The largest absolute Gasteiger partial charge is 0.449 e. The predicted molar refractivity (Wildman–Crippen MR) is 47.1 cm³/mol. The van der Waals surface area contributed by atoms with Gasteiger partial charge in [-0.1, -0.05) is 27.7 Å². The first-order valence-corrected chi connectivity index (χ1v) is 4.16. The van der Waals surface area contributed by atoms with Crippen molar-refractivity contribution in [2.75, 3.05) is 0 Å². The number of hydrogen-bond acceptors (Lipinski definition) is 3. The lowest BCUT2D eigenvalue weighted by Gasteiger charge is -2.15. The quantitative estimate of drug-likeness (QED) is 0.501. The van der Waals surface area contributed by atoms with Gasteiger partial charge in [0.25, 0.3) is 0 Å². The van der Waals surface area contributed by atoms with Gasteiger partial charge in [-0.05, 0) is 17.4 Å². The smallest absolute Gasteiger partial charge is 0.310 e. The zero-order valence-corrected chi connectivity index (χ0v) is 8.11. The van der Waals surface area contributed by atoms with E-state index in [1.807, 2.05) is 27.7 Å². The van der Waals surface area contributed by atoms with Crippen LogP contribution in [0, 0.1) is 11.8 Å². The average Bonchev–Trinajstić information content (AvgIpc) is 1.84. The van der Waals surface area contributed by atoms with E-state index < -0.39 is 6.48 Å².